The lowest BCUT2D eigenvalue weighted by molar-refractivity contribution is -0.136. The van der Waals surface area contributed by atoms with Crippen molar-refractivity contribution in [2.45, 2.75) is 6.04 Å². The zero-order chi connectivity index (χ0) is 21.8. The number of urea groups is 1. The first-order chi connectivity index (χ1) is 15.1. The molecule has 1 fully saturated rings. The number of carbonyl (C=O) groups excluding carboxylic acids is 2. The van der Waals surface area contributed by atoms with Gasteiger partial charge in [-0.1, -0.05) is 12.1 Å². The Hall–Kier alpha value is -3.04. The van der Waals surface area contributed by atoms with E-state index in [1.54, 1.807) is 7.11 Å². The molecule has 1 aromatic carbocycles. The molecule has 0 radical (unpaired) electrons. The molecule has 0 spiro atoms. The van der Waals surface area contributed by atoms with Gasteiger partial charge in [-0.25, -0.2) is 9.59 Å². The molecule has 0 unspecified atom stereocenters. The summed E-state index contributed by atoms with van der Waals surface area (Å²) >= 11 is 1.50. The molecule has 1 saturated heterocycles. The average Bonchev–Trinajstić information content (AvgIpc) is 3.34. The van der Waals surface area contributed by atoms with Crippen molar-refractivity contribution in [1.29, 1.82) is 0 Å². The summed E-state index contributed by atoms with van der Waals surface area (Å²) < 4.78 is 10.4. The number of carbonyl (C=O) groups is 2. The van der Waals surface area contributed by atoms with Crippen LogP contribution in [0.3, 0.4) is 0 Å². The van der Waals surface area contributed by atoms with Gasteiger partial charge in [0.2, 0.25) is 0 Å². The normalized spacial score (nSPS) is 19.6. The quantitative estimate of drug-likeness (QED) is 0.669. The maximum Gasteiger partial charge on any atom is 0.338 e. The van der Waals surface area contributed by atoms with Crippen LogP contribution in [0.15, 0.2) is 53.0 Å². The summed E-state index contributed by atoms with van der Waals surface area (Å²) in [6, 6.07) is 11.0. The molecular weight excluding hydrogens is 416 g/mol. The highest BCUT2D eigenvalue weighted by atomic mass is 32.1. The van der Waals surface area contributed by atoms with E-state index in [0.717, 1.165) is 42.5 Å². The Balaban J connectivity index is 1.50. The van der Waals surface area contributed by atoms with Crippen LogP contribution in [0.2, 0.25) is 0 Å². The van der Waals surface area contributed by atoms with Crippen LogP contribution in [-0.2, 0) is 9.53 Å². The number of hydrogen-bond acceptors (Lipinski definition) is 7. The number of thiophene rings is 1. The van der Waals surface area contributed by atoms with E-state index in [1.807, 2.05) is 35.7 Å². The Bertz CT molecular complexity index is 968. The van der Waals surface area contributed by atoms with Gasteiger partial charge in [-0.05, 0) is 23.6 Å². The number of nitrogens with zero attached hydrogens (tertiary/aromatic N) is 2. The molecular formula is C22H26N4O4S. The zero-order valence-electron chi connectivity index (χ0n) is 17.6. The van der Waals surface area contributed by atoms with E-state index in [9.17, 15) is 9.59 Å². The van der Waals surface area contributed by atoms with Crippen molar-refractivity contribution in [3.8, 4) is 5.75 Å². The topological polar surface area (TPSA) is 83.1 Å². The van der Waals surface area contributed by atoms with Gasteiger partial charge >= 0.3 is 12.0 Å². The molecule has 2 aliphatic rings. The molecule has 164 valence electrons. The van der Waals surface area contributed by atoms with Crippen LogP contribution in [-0.4, -0.2) is 63.8 Å². The second kappa shape index (κ2) is 9.40. The summed E-state index contributed by atoms with van der Waals surface area (Å²) in [4.78, 5) is 30.4. The second-order valence-electron chi connectivity index (χ2n) is 7.40. The van der Waals surface area contributed by atoms with E-state index < -0.39 is 12.0 Å². The molecule has 2 aromatic rings. The van der Waals surface area contributed by atoms with Gasteiger partial charge in [-0.15, -0.1) is 11.3 Å². The summed E-state index contributed by atoms with van der Waals surface area (Å²) in [5, 5.41) is 7.62. The lowest BCUT2D eigenvalue weighted by Crippen LogP contribution is -2.51. The number of rotatable bonds is 6. The van der Waals surface area contributed by atoms with Gasteiger partial charge in [0.25, 0.3) is 0 Å². The Kier molecular flexibility index (Phi) is 6.43. The van der Waals surface area contributed by atoms with Crippen LogP contribution in [0.5, 0.6) is 5.75 Å². The molecule has 3 heterocycles. The summed E-state index contributed by atoms with van der Waals surface area (Å²) in [5.41, 5.74) is 2.19. The predicted octanol–water partition coefficient (Wildman–Crippen LogP) is 2.36. The molecule has 1 atom stereocenters. The number of hydrogen-bond donors (Lipinski definition) is 2. The Morgan fingerprint density at radius 1 is 1.16 bits per heavy atom. The first-order valence-corrected chi connectivity index (χ1v) is 11.0. The number of amides is 2. The van der Waals surface area contributed by atoms with E-state index in [-0.39, 0.29) is 6.03 Å². The van der Waals surface area contributed by atoms with Crippen molar-refractivity contribution in [3.05, 3.63) is 57.9 Å². The summed E-state index contributed by atoms with van der Waals surface area (Å²) in [6.45, 7) is 3.78. The molecule has 9 heteroatoms. The third-order valence-electron chi connectivity index (χ3n) is 5.56. The Morgan fingerprint density at radius 3 is 2.65 bits per heavy atom. The van der Waals surface area contributed by atoms with Crippen LogP contribution in [0, 0.1) is 0 Å². The van der Waals surface area contributed by atoms with E-state index >= 15 is 0 Å². The molecule has 0 bridgehead atoms. The Labute approximate surface area is 185 Å². The van der Waals surface area contributed by atoms with Gasteiger partial charge in [-0.3, -0.25) is 4.90 Å². The molecule has 31 heavy (non-hydrogen) atoms. The highest BCUT2D eigenvalue weighted by Gasteiger charge is 2.35. The third-order valence-corrected chi connectivity index (χ3v) is 6.50. The standard InChI is InChI=1S/C22H26N4O4S/c1-29-16-6-3-5-15(13-16)26-10-8-25(9-11-26)14-17-19(21(27)30-2)20(24-22(28)23-17)18-7-4-12-31-18/h3-7,12-13,20H,8-11,14H2,1-2H3,(H2,23,24,28)/t20-/m0/s1. The number of ether oxygens (including phenoxy) is 2. The number of methoxy groups -OCH3 is 2. The highest BCUT2D eigenvalue weighted by Crippen LogP contribution is 2.31. The van der Waals surface area contributed by atoms with Crippen LogP contribution in [0.25, 0.3) is 0 Å². The van der Waals surface area contributed by atoms with Crippen molar-refractivity contribution >= 4 is 29.0 Å². The molecule has 2 aliphatic heterocycles. The minimum atomic E-state index is -0.505. The van der Waals surface area contributed by atoms with E-state index in [2.05, 4.69) is 26.5 Å². The van der Waals surface area contributed by atoms with Crippen molar-refractivity contribution in [1.82, 2.24) is 15.5 Å². The van der Waals surface area contributed by atoms with E-state index in [1.165, 1.54) is 18.4 Å². The van der Waals surface area contributed by atoms with Crippen molar-refractivity contribution in [2.24, 2.45) is 0 Å². The van der Waals surface area contributed by atoms with Gasteiger partial charge in [0, 0.05) is 55.1 Å². The summed E-state index contributed by atoms with van der Waals surface area (Å²) in [6.07, 6.45) is 0. The number of benzene rings is 1. The van der Waals surface area contributed by atoms with E-state index in [4.69, 9.17) is 9.47 Å². The molecule has 8 nitrogen and oxygen atoms in total. The lowest BCUT2D eigenvalue weighted by Gasteiger charge is -2.37. The van der Waals surface area contributed by atoms with Crippen LogP contribution >= 0.6 is 11.3 Å². The minimum Gasteiger partial charge on any atom is -0.497 e. The zero-order valence-corrected chi connectivity index (χ0v) is 18.4. The molecule has 4 rings (SSSR count). The first kappa shape index (κ1) is 21.2. The van der Waals surface area contributed by atoms with Gasteiger partial charge in [0.15, 0.2) is 0 Å². The maximum atomic E-state index is 12.6. The fourth-order valence-electron chi connectivity index (χ4n) is 3.96. The molecule has 0 saturated carbocycles. The largest absolute Gasteiger partial charge is 0.497 e. The lowest BCUT2D eigenvalue weighted by atomic mass is 10.0. The molecule has 2 N–H and O–H groups in total. The van der Waals surface area contributed by atoms with E-state index in [0.29, 0.717) is 17.8 Å². The third kappa shape index (κ3) is 4.67. The molecule has 2 amide bonds. The van der Waals surface area contributed by atoms with Gasteiger partial charge in [0.05, 0.1) is 25.8 Å². The van der Waals surface area contributed by atoms with Crippen LogP contribution in [0.4, 0.5) is 10.5 Å². The monoisotopic (exact) mass is 442 g/mol. The highest BCUT2D eigenvalue weighted by molar-refractivity contribution is 7.10. The van der Waals surface area contributed by atoms with Crippen LogP contribution < -0.4 is 20.3 Å². The van der Waals surface area contributed by atoms with Gasteiger partial charge in [0.1, 0.15) is 5.75 Å². The SMILES string of the molecule is COC(=O)C1=C(CN2CCN(c3cccc(OC)c3)CC2)NC(=O)N[C@H]1c1cccs1. The molecule has 0 aliphatic carbocycles. The number of piperazine rings is 1. The predicted molar refractivity (Wildman–Crippen MR) is 119 cm³/mol. The second-order valence-corrected chi connectivity index (χ2v) is 8.37. The summed E-state index contributed by atoms with van der Waals surface area (Å²) in [5.74, 6) is 0.403. The number of nitrogens with one attached hydrogen (secondary N) is 2. The molecule has 1 aromatic heterocycles. The van der Waals surface area contributed by atoms with Crippen molar-refractivity contribution < 1.29 is 19.1 Å². The van der Waals surface area contributed by atoms with Crippen molar-refractivity contribution in [3.63, 3.8) is 0 Å². The fourth-order valence-corrected chi connectivity index (χ4v) is 4.74. The van der Waals surface area contributed by atoms with Crippen molar-refractivity contribution in [2.75, 3.05) is 51.8 Å². The smallest absolute Gasteiger partial charge is 0.338 e. The Morgan fingerprint density at radius 2 is 1.97 bits per heavy atom. The average molecular weight is 443 g/mol. The number of anilines is 1. The summed E-state index contributed by atoms with van der Waals surface area (Å²) in [7, 11) is 3.03. The van der Waals surface area contributed by atoms with Gasteiger partial charge < -0.3 is 25.0 Å². The van der Waals surface area contributed by atoms with Crippen LogP contribution in [0.1, 0.15) is 10.9 Å². The number of esters is 1. The maximum absolute atomic E-state index is 12.6. The van der Waals surface area contributed by atoms with Gasteiger partial charge in [-0.2, -0.15) is 0 Å². The first-order valence-electron chi connectivity index (χ1n) is 10.1. The minimum absolute atomic E-state index is 0.309. The fraction of sp³-hybridized carbons (Fsp3) is 0.364.